The Balaban J connectivity index is 4.48. The van der Waals surface area contributed by atoms with Crippen LogP contribution in [0.4, 0.5) is 0 Å². The van der Waals surface area contributed by atoms with Gasteiger partial charge in [0.15, 0.2) is 0 Å². The van der Waals surface area contributed by atoms with Gasteiger partial charge in [0.05, 0.1) is 11.8 Å². The van der Waals surface area contributed by atoms with E-state index in [4.69, 9.17) is 11.6 Å². The Morgan fingerprint density at radius 2 is 1.93 bits per heavy atom. The van der Waals surface area contributed by atoms with Gasteiger partial charge in [-0.05, 0) is 30.4 Å². The van der Waals surface area contributed by atoms with E-state index in [9.17, 15) is 13.2 Å². The van der Waals surface area contributed by atoms with Gasteiger partial charge in [-0.3, -0.25) is 4.79 Å². The van der Waals surface area contributed by atoms with Crippen molar-refractivity contribution in [1.29, 1.82) is 0 Å². The SMILES string of the molecule is CCCS(=O)(=O)NC(CC(C)C)C(=O)Cl. The molecule has 1 unspecified atom stereocenters. The molecule has 6 heteroatoms. The van der Waals surface area contributed by atoms with Crippen molar-refractivity contribution < 1.29 is 13.2 Å². The third-order valence-electron chi connectivity index (χ3n) is 1.78. The largest absolute Gasteiger partial charge is 0.279 e. The maximum atomic E-state index is 11.4. The van der Waals surface area contributed by atoms with Crippen molar-refractivity contribution in [3.05, 3.63) is 0 Å². The molecule has 0 fully saturated rings. The molecule has 90 valence electrons. The summed E-state index contributed by atoms with van der Waals surface area (Å²) in [5.74, 6) is 0.230. The molecule has 0 saturated carbocycles. The second kappa shape index (κ2) is 6.45. The Labute approximate surface area is 96.4 Å². The maximum absolute atomic E-state index is 11.4. The number of carbonyl (C=O) groups excluding carboxylic acids is 1. The summed E-state index contributed by atoms with van der Waals surface area (Å²) in [6, 6.07) is -0.803. The van der Waals surface area contributed by atoms with Crippen LogP contribution in [0.5, 0.6) is 0 Å². The molecule has 0 aromatic carbocycles. The summed E-state index contributed by atoms with van der Waals surface area (Å²) < 4.78 is 25.1. The van der Waals surface area contributed by atoms with Gasteiger partial charge in [-0.1, -0.05) is 20.8 Å². The van der Waals surface area contributed by atoms with Crippen molar-refractivity contribution in [3.8, 4) is 0 Å². The predicted octanol–water partition coefficient (Wildman–Crippen LogP) is 1.50. The summed E-state index contributed by atoms with van der Waals surface area (Å²) in [7, 11) is -3.38. The Kier molecular flexibility index (Phi) is 6.40. The molecule has 0 bridgehead atoms. The normalized spacial score (nSPS) is 14.2. The van der Waals surface area contributed by atoms with Crippen LogP contribution in [0.2, 0.25) is 0 Å². The number of rotatable bonds is 7. The zero-order chi connectivity index (χ0) is 12.1. The predicted molar refractivity (Wildman–Crippen MR) is 61.3 cm³/mol. The Bertz CT molecular complexity index is 300. The molecule has 0 aromatic heterocycles. The highest BCUT2D eigenvalue weighted by Gasteiger charge is 2.23. The first-order valence-electron chi connectivity index (χ1n) is 4.97. The minimum absolute atomic E-state index is 0.0196. The average molecular weight is 256 g/mol. The molecule has 0 amide bonds. The molecule has 0 heterocycles. The van der Waals surface area contributed by atoms with E-state index in [1.54, 1.807) is 6.92 Å². The number of nitrogens with one attached hydrogen (secondary N) is 1. The van der Waals surface area contributed by atoms with Crippen molar-refractivity contribution in [1.82, 2.24) is 4.72 Å². The highest BCUT2D eigenvalue weighted by molar-refractivity contribution is 7.89. The van der Waals surface area contributed by atoms with Crippen molar-refractivity contribution in [2.45, 2.75) is 39.7 Å². The van der Waals surface area contributed by atoms with E-state index in [-0.39, 0.29) is 11.7 Å². The highest BCUT2D eigenvalue weighted by Crippen LogP contribution is 2.09. The molecule has 0 aliphatic carbocycles. The van der Waals surface area contributed by atoms with E-state index in [0.717, 1.165) is 0 Å². The smallest absolute Gasteiger partial charge is 0.239 e. The zero-order valence-corrected chi connectivity index (χ0v) is 10.9. The lowest BCUT2D eigenvalue weighted by Crippen LogP contribution is -2.40. The lowest BCUT2D eigenvalue weighted by molar-refractivity contribution is -0.113. The van der Waals surface area contributed by atoms with Crippen molar-refractivity contribution >= 4 is 26.9 Å². The van der Waals surface area contributed by atoms with Crippen LogP contribution in [0.15, 0.2) is 0 Å². The molecule has 4 nitrogen and oxygen atoms in total. The van der Waals surface area contributed by atoms with E-state index in [2.05, 4.69) is 4.72 Å². The number of halogens is 1. The van der Waals surface area contributed by atoms with E-state index >= 15 is 0 Å². The fourth-order valence-corrected chi connectivity index (χ4v) is 2.70. The molecule has 0 saturated heterocycles. The van der Waals surface area contributed by atoms with Gasteiger partial charge in [0.25, 0.3) is 0 Å². The van der Waals surface area contributed by atoms with E-state index in [0.29, 0.717) is 12.8 Å². The van der Waals surface area contributed by atoms with Gasteiger partial charge in [0.2, 0.25) is 15.3 Å². The molecule has 1 atom stereocenters. The second-order valence-corrected chi connectivity index (χ2v) is 6.17. The lowest BCUT2D eigenvalue weighted by atomic mass is 10.1. The molecule has 0 aromatic rings. The molecular weight excluding hydrogens is 238 g/mol. The Morgan fingerprint density at radius 3 is 2.27 bits per heavy atom. The van der Waals surface area contributed by atoms with Gasteiger partial charge in [-0.25, -0.2) is 13.1 Å². The third-order valence-corrected chi connectivity index (χ3v) is 3.63. The van der Waals surface area contributed by atoms with Crippen LogP contribution in [0.1, 0.15) is 33.6 Å². The van der Waals surface area contributed by atoms with Crippen LogP contribution >= 0.6 is 11.6 Å². The Morgan fingerprint density at radius 1 is 1.40 bits per heavy atom. The van der Waals surface area contributed by atoms with E-state index < -0.39 is 21.3 Å². The molecule has 0 aliphatic rings. The van der Waals surface area contributed by atoms with Crippen LogP contribution in [-0.4, -0.2) is 25.5 Å². The summed E-state index contributed by atoms with van der Waals surface area (Å²) in [5, 5.41) is -0.650. The van der Waals surface area contributed by atoms with E-state index in [1.165, 1.54) is 0 Å². The quantitative estimate of drug-likeness (QED) is 0.701. The molecular formula is C9H18ClNO3S. The first-order chi connectivity index (χ1) is 6.78. The maximum Gasteiger partial charge on any atom is 0.239 e. The van der Waals surface area contributed by atoms with Crippen LogP contribution in [0, 0.1) is 5.92 Å². The first-order valence-corrected chi connectivity index (χ1v) is 7.01. The topological polar surface area (TPSA) is 63.2 Å². The van der Waals surface area contributed by atoms with Crippen LogP contribution < -0.4 is 4.72 Å². The summed E-state index contributed by atoms with van der Waals surface area (Å²) in [4.78, 5) is 11.0. The lowest BCUT2D eigenvalue weighted by Gasteiger charge is -2.16. The number of carbonyl (C=O) groups is 1. The van der Waals surface area contributed by atoms with Gasteiger partial charge in [0, 0.05) is 0 Å². The second-order valence-electron chi connectivity index (χ2n) is 3.92. The van der Waals surface area contributed by atoms with Crippen molar-refractivity contribution in [2.24, 2.45) is 5.92 Å². The minimum atomic E-state index is -3.38. The van der Waals surface area contributed by atoms with E-state index in [1.807, 2.05) is 13.8 Å². The number of hydrogen-bond acceptors (Lipinski definition) is 3. The van der Waals surface area contributed by atoms with Gasteiger partial charge < -0.3 is 0 Å². The Hall–Kier alpha value is -0.130. The van der Waals surface area contributed by atoms with Crippen LogP contribution in [0.25, 0.3) is 0 Å². The monoisotopic (exact) mass is 255 g/mol. The van der Waals surface area contributed by atoms with Crippen LogP contribution in [0.3, 0.4) is 0 Å². The average Bonchev–Trinajstić information content (AvgIpc) is 2.00. The fourth-order valence-electron chi connectivity index (χ4n) is 1.20. The molecule has 0 aliphatic heterocycles. The number of hydrogen-bond donors (Lipinski definition) is 1. The highest BCUT2D eigenvalue weighted by atomic mass is 35.5. The van der Waals surface area contributed by atoms with Crippen molar-refractivity contribution in [2.75, 3.05) is 5.75 Å². The molecule has 15 heavy (non-hydrogen) atoms. The molecule has 0 spiro atoms. The van der Waals surface area contributed by atoms with Gasteiger partial charge in [-0.2, -0.15) is 0 Å². The summed E-state index contributed by atoms with van der Waals surface area (Å²) in [5.41, 5.74) is 0. The van der Waals surface area contributed by atoms with Gasteiger partial charge >= 0.3 is 0 Å². The minimum Gasteiger partial charge on any atom is -0.279 e. The summed E-state index contributed by atoms with van der Waals surface area (Å²) in [6.07, 6.45) is 0.936. The van der Waals surface area contributed by atoms with Gasteiger partial charge in [-0.15, -0.1) is 0 Å². The zero-order valence-electron chi connectivity index (χ0n) is 9.29. The van der Waals surface area contributed by atoms with Crippen LogP contribution in [-0.2, 0) is 14.8 Å². The molecule has 1 N–H and O–H groups in total. The molecule has 0 radical (unpaired) electrons. The third kappa shape index (κ3) is 6.87. The fraction of sp³-hybridized carbons (Fsp3) is 0.889. The summed E-state index contributed by atoms with van der Waals surface area (Å²) in [6.45, 7) is 5.57. The standard InChI is InChI=1S/C9H18ClNO3S/c1-4-5-15(13,14)11-8(9(10)12)6-7(2)3/h7-8,11H,4-6H2,1-3H3. The summed E-state index contributed by atoms with van der Waals surface area (Å²) >= 11 is 5.33. The van der Waals surface area contributed by atoms with Gasteiger partial charge in [0.1, 0.15) is 0 Å². The molecule has 0 rings (SSSR count). The van der Waals surface area contributed by atoms with Crippen molar-refractivity contribution in [3.63, 3.8) is 0 Å². The first kappa shape index (κ1) is 14.9. The number of sulfonamides is 1.